The van der Waals surface area contributed by atoms with Crippen LogP contribution in [0.5, 0.6) is 0 Å². The quantitative estimate of drug-likeness (QED) is 0.620. The molecular weight excluding hydrogens is 241 g/mol. The first-order valence-corrected chi connectivity index (χ1v) is 5.72. The van der Waals surface area contributed by atoms with Gasteiger partial charge in [-0.3, -0.25) is 0 Å². The van der Waals surface area contributed by atoms with Gasteiger partial charge in [-0.05, 0) is 0 Å². The van der Waals surface area contributed by atoms with Crippen molar-refractivity contribution < 1.29 is 9.53 Å². The van der Waals surface area contributed by atoms with Crippen molar-refractivity contribution in [3.8, 4) is 0 Å². The van der Waals surface area contributed by atoms with Gasteiger partial charge in [0.05, 0.1) is 0 Å². The molecule has 3 nitrogen and oxygen atoms in total. The van der Waals surface area contributed by atoms with Gasteiger partial charge in [-0.1, -0.05) is 0 Å². The van der Waals surface area contributed by atoms with Crippen molar-refractivity contribution in [1.82, 2.24) is 0 Å². The molecule has 1 unspecified atom stereocenters. The summed E-state index contributed by atoms with van der Waals surface area (Å²) in [4.78, 5) is 13.3. The third-order valence-electron chi connectivity index (χ3n) is 2.19. The van der Waals surface area contributed by atoms with Gasteiger partial charge in [0.25, 0.3) is 0 Å². The Labute approximate surface area is 91.5 Å². The normalized spacial score (nSPS) is 17.2. The second kappa shape index (κ2) is 4.16. The van der Waals surface area contributed by atoms with Crippen LogP contribution in [0.25, 0.3) is 0 Å². The van der Waals surface area contributed by atoms with E-state index >= 15 is 0 Å². The van der Waals surface area contributed by atoms with E-state index < -0.39 is 0 Å². The molecule has 0 radical (unpaired) electrons. The van der Waals surface area contributed by atoms with E-state index in [0.29, 0.717) is 13.2 Å². The van der Waals surface area contributed by atoms with Gasteiger partial charge in [0, 0.05) is 0 Å². The van der Waals surface area contributed by atoms with Gasteiger partial charge in [0.15, 0.2) is 0 Å². The Bertz CT molecular complexity index is 336. The van der Waals surface area contributed by atoms with Crippen LogP contribution in [-0.4, -0.2) is 42.5 Å². The van der Waals surface area contributed by atoms with Gasteiger partial charge in [-0.15, -0.1) is 0 Å². The summed E-state index contributed by atoms with van der Waals surface area (Å²) in [5.74, 6) is 0.0469. The molecule has 1 atom stereocenters. The Morgan fingerprint density at radius 2 is 2.00 bits per heavy atom. The second-order valence-electron chi connectivity index (χ2n) is 3.19. The molecule has 0 saturated carbocycles. The molecule has 14 heavy (non-hydrogen) atoms. The summed E-state index contributed by atoms with van der Waals surface area (Å²) in [6.07, 6.45) is 0. The van der Waals surface area contributed by atoms with Crippen LogP contribution in [0.1, 0.15) is 0 Å². The van der Waals surface area contributed by atoms with Crippen LogP contribution in [0, 0.1) is 0 Å². The zero-order valence-corrected chi connectivity index (χ0v) is 10.2. The molecule has 4 heteroatoms. The first-order valence-electron chi connectivity index (χ1n) is 4.51. The van der Waals surface area contributed by atoms with Crippen LogP contribution in [0.2, 0.25) is 0 Å². The average molecular weight is 253 g/mol. The van der Waals surface area contributed by atoms with Crippen molar-refractivity contribution in [2.45, 2.75) is 0 Å². The van der Waals surface area contributed by atoms with Crippen molar-refractivity contribution in [3.63, 3.8) is 0 Å². The Hall–Kier alpha value is -0.792. The van der Waals surface area contributed by atoms with Gasteiger partial charge in [-0.25, -0.2) is 0 Å². The predicted octanol–water partition coefficient (Wildman–Crippen LogP) is -0.692. The maximum absolute atomic E-state index is 11.5. The minimum atomic E-state index is 0.0469. The van der Waals surface area contributed by atoms with Gasteiger partial charge in [0.1, 0.15) is 0 Å². The number of carbonyl (C=O) groups excluding carboxylic acids is 1. The third kappa shape index (κ3) is 1.99. The number of ether oxygens (including phenoxy) is 1. The summed E-state index contributed by atoms with van der Waals surface area (Å²) < 4.78 is 6.33. The van der Waals surface area contributed by atoms with Crippen molar-refractivity contribution >= 4 is 32.8 Å². The summed E-state index contributed by atoms with van der Waals surface area (Å²) >= 11 is 1.59. The van der Waals surface area contributed by atoms with Gasteiger partial charge in [0.2, 0.25) is 0 Å². The number of morpholine rings is 1. The standard InChI is InChI=1S/C10H12AsNO2/c11-8-1-3-9(4-2-8)12-5-6-14-7-10(12)13/h1-4H,5-7,11H2. The van der Waals surface area contributed by atoms with E-state index in [1.807, 2.05) is 24.3 Å². The van der Waals surface area contributed by atoms with Crippen LogP contribution in [0.15, 0.2) is 24.3 Å². The summed E-state index contributed by atoms with van der Waals surface area (Å²) in [5.41, 5.74) is 0.972. The fraction of sp³-hybridized carbons (Fsp3) is 0.300. The Morgan fingerprint density at radius 3 is 2.64 bits per heavy atom. The van der Waals surface area contributed by atoms with E-state index in [1.165, 1.54) is 4.35 Å². The molecule has 1 aromatic rings. The number of amides is 1. The number of rotatable bonds is 1. The first kappa shape index (κ1) is 9.75. The number of hydrogen-bond donors (Lipinski definition) is 0. The molecule has 1 amide bonds. The molecule has 1 aliphatic rings. The average Bonchev–Trinajstić information content (AvgIpc) is 2.20. The molecule has 1 fully saturated rings. The SMILES string of the molecule is O=C1COCCN1c1ccc([AsH2])cc1. The molecule has 0 aliphatic carbocycles. The zero-order valence-electron chi connectivity index (χ0n) is 7.77. The third-order valence-corrected chi connectivity index (χ3v) is 3.00. The molecule has 1 aliphatic heterocycles. The number of carbonyl (C=O) groups is 1. The van der Waals surface area contributed by atoms with Gasteiger partial charge >= 0.3 is 91.3 Å². The topological polar surface area (TPSA) is 29.5 Å². The fourth-order valence-electron chi connectivity index (χ4n) is 1.45. The van der Waals surface area contributed by atoms with Crippen LogP contribution < -0.4 is 9.25 Å². The molecule has 0 N–H and O–H groups in total. The molecule has 2 rings (SSSR count). The van der Waals surface area contributed by atoms with E-state index in [4.69, 9.17) is 4.74 Å². The van der Waals surface area contributed by atoms with Crippen molar-refractivity contribution in [2.24, 2.45) is 0 Å². The van der Waals surface area contributed by atoms with Crippen LogP contribution in [0.4, 0.5) is 5.69 Å². The van der Waals surface area contributed by atoms with E-state index in [9.17, 15) is 4.79 Å². The number of nitrogens with zero attached hydrogens (tertiary/aromatic N) is 1. The molecular formula is C10H12AsNO2. The summed E-state index contributed by atoms with van der Waals surface area (Å²) in [5, 5.41) is 0. The van der Waals surface area contributed by atoms with Gasteiger partial charge < -0.3 is 0 Å². The zero-order chi connectivity index (χ0) is 9.97. The second-order valence-corrected chi connectivity index (χ2v) is 4.59. The maximum atomic E-state index is 11.5. The van der Waals surface area contributed by atoms with Crippen molar-refractivity contribution in [1.29, 1.82) is 0 Å². The molecule has 0 spiro atoms. The molecule has 1 aromatic carbocycles. The molecule has 1 heterocycles. The molecule has 0 bridgehead atoms. The van der Waals surface area contributed by atoms with E-state index in [0.717, 1.165) is 5.69 Å². The van der Waals surface area contributed by atoms with E-state index in [-0.39, 0.29) is 12.5 Å². The van der Waals surface area contributed by atoms with Crippen molar-refractivity contribution in [3.05, 3.63) is 24.3 Å². The van der Waals surface area contributed by atoms with E-state index in [2.05, 4.69) is 0 Å². The Kier molecular flexibility index (Phi) is 2.90. The number of benzene rings is 1. The van der Waals surface area contributed by atoms with E-state index in [1.54, 1.807) is 21.8 Å². The summed E-state index contributed by atoms with van der Waals surface area (Å²) in [6.45, 7) is 1.49. The molecule has 0 aromatic heterocycles. The first-order chi connectivity index (χ1) is 6.77. The number of anilines is 1. The minimum absolute atomic E-state index is 0.0469. The summed E-state index contributed by atoms with van der Waals surface area (Å²) in [7, 11) is 0. The predicted molar refractivity (Wildman–Crippen MR) is 57.8 cm³/mol. The van der Waals surface area contributed by atoms with Crippen LogP contribution in [-0.2, 0) is 9.53 Å². The molecule has 74 valence electrons. The van der Waals surface area contributed by atoms with Gasteiger partial charge in [-0.2, -0.15) is 0 Å². The van der Waals surface area contributed by atoms with Crippen LogP contribution in [0.3, 0.4) is 0 Å². The van der Waals surface area contributed by atoms with Crippen LogP contribution >= 0.6 is 0 Å². The number of hydrogen-bond acceptors (Lipinski definition) is 2. The Balaban J connectivity index is 2.20. The molecule has 1 saturated heterocycles. The summed E-state index contributed by atoms with van der Waals surface area (Å²) in [6, 6.07) is 8.05. The monoisotopic (exact) mass is 253 g/mol. The van der Waals surface area contributed by atoms with Crippen molar-refractivity contribution in [2.75, 3.05) is 24.7 Å². The Morgan fingerprint density at radius 1 is 1.29 bits per heavy atom. The fourth-order valence-corrected chi connectivity index (χ4v) is 1.85.